The summed E-state index contributed by atoms with van der Waals surface area (Å²) >= 11 is 0. The van der Waals surface area contributed by atoms with Gasteiger partial charge in [-0.2, -0.15) is 0 Å². The Morgan fingerprint density at radius 2 is 1.73 bits per heavy atom. The molecule has 0 aromatic heterocycles. The van der Waals surface area contributed by atoms with Gasteiger partial charge in [-0.3, -0.25) is 14.4 Å². The predicted octanol–water partition coefficient (Wildman–Crippen LogP) is 3.53. The van der Waals surface area contributed by atoms with Crippen molar-refractivity contribution < 1.29 is 28.7 Å². The van der Waals surface area contributed by atoms with Gasteiger partial charge in [0, 0.05) is 25.8 Å². The molecule has 2 aliphatic rings. The van der Waals surface area contributed by atoms with Crippen molar-refractivity contribution in [3.8, 4) is 0 Å². The fourth-order valence-corrected chi connectivity index (χ4v) is 5.81. The molecular formula is C30H37FN4O5. The summed E-state index contributed by atoms with van der Waals surface area (Å²) in [6, 6.07) is 10.0. The van der Waals surface area contributed by atoms with Crippen LogP contribution in [0.4, 0.5) is 10.1 Å². The van der Waals surface area contributed by atoms with Gasteiger partial charge in [-0.1, -0.05) is 26.8 Å². The van der Waals surface area contributed by atoms with E-state index in [-0.39, 0.29) is 35.0 Å². The molecule has 0 bridgehead atoms. The molecule has 2 N–H and O–H groups in total. The van der Waals surface area contributed by atoms with Gasteiger partial charge in [-0.25, -0.2) is 9.18 Å². The third kappa shape index (κ3) is 5.14. The normalized spacial score (nSPS) is 19.3. The molecule has 1 unspecified atom stereocenters. The Labute approximate surface area is 233 Å². The summed E-state index contributed by atoms with van der Waals surface area (Å²) in [7, 11) is 1.74. The lowest BCUT2D eigenvalue weighted by molar-refractivity contribution is -0.139. The number of anilines is 1. The van der Waals surface area contributed by atoms with Gasteiger partial charge in [-0.05, 0) is 74.1 Å². The number of hydrogen-bond donors (Lipinski definition) is 2. The molecule has 2 heterocycles. The number of benzene rings is 2. The zero-order valence-electron chi connectivity index (χ0n) is 23.6. The van der Waals surface area contributed by atoms with Gasteiger partial charge in [0.25, 0.3) is 5.91 Å². The van der Waals surface area contributed by atoms with E-state index in [9.17, 15) is 28.7 Å². The lowest BCUT2D eigenvalue weighted by atomic mass is 9.84. The van der Waals surface area contributed by atoms with Crippen LogP contribution < -0.4 is 10.2 Å². The molecule has 4 rings (SSSR count). The summed E-state index contributed by atoms with van der Waals surface area (Å²) in [5, 5.41) is 12.0. The number of piperidine rings is 1. The van der Waals surface area contributed by atoms with Crippen molar-refractivity contribution in [2.75, 3.05) is 25.0 Å². The van der Waals surface area contributed by atoms with E-state index in [0.29, 0.717) is 32.4 Å². The smallest absolute Gasteiger partial charge is 0.335 e. The highest BCUT2D eigenvalue weighted by Crippen LogP contribution is 2.42. The maximum Gasteiger partial charge on any atom is 0.335 e. The summed E-state index contributed by atoms with van der Waals surface area (Å²) in [5.41, 5.74) is 0.749. The number of aryl methyl sites for hydroxylation is 1. The standard InChI is InChI=1S/C30H37FN4O5/c1-6-20-7-12-24(31)23(17-20)26(36)32-25(18(2)3)27(37)34-15-13-30(14-16-34)29(40)33(5)19(4)35(30)22-10-8-21(9-11-22)28(38)39/h7-12,17-19,25H,6,13-16H2,1-5H3,(H,32,36)(H,38,39)/t19-,25?/m0/s1. The molecule has 1 spiro atoms. The first-order valence-electron chi connectivity index (χ1n) is 13.7. The lowest BCUT2D eigenvalue weighted by Gasteiger charge is -2.45. The topological polar surface area (TPSA) is 110 Å². The van der Waals surface area contributed by atoms with Crippen LogP contribution in [0.1, 0.15) is 66.8 Å². The van der Waals surface area contributed by atoms with Crippen LogP contribution in [0.3, 0.4) is 0 Å². The number of amides is 3. The van der Waals surface area contributed by atoms with Crippen LogP contribution in [0.2, 0.25) is 0 Å². The second-order valence-electron chi connectivity index (χ2n) is 11.0. The summed E-state index contributed by atoms with van der Waals surface area (Å²) < 4.78 is 14.4. The molecule has 0 saturated carbocycles. The SMILES string of the molecule is CCc1ccc(F)c(C(=O)NC(C(=O)N2CCC3(CC2)C(=O)N(C)[C@H](C)N3c2ccc(C(=O)O)cc2)C(C)C)c1. The van der Waals surface area contributed by atoms with Gasteiger partial charge < -0.3 is 25.1 Å². The highest BCUT2D eigenvalue weighted by molar-refractivity contribution is 5.98. The molecule has 0 aliphatic carbocycles. The van der Waals surface area contributed by atoms with Crippen LogP contribution in [0.15, 0.2) is 42.5 Å². The van der Waals surface area contributed by atoms with E-state index < -0.39 is 29.3 Å². The Kier molecular flexibility index (Phi) is 8.18. The second kappa shape index (κ2) is 11.3. The fourth-order valence-electron chi connectivity index (χ4n) is 5.81. The van der Waals surface area contributed by atoms with Crippen LogP contribution in [-0.2, 0) is 16.0 Å². The first kappa shape index (κ1) is 29.0. The van der Waals surface area contributed by atoms with Crippen molar-refractivity contribution in [2.24, 2.45) is 5.92 Å². The number of carbonyl (C=O) groups excluding carboxylic acids is 3. The number of hydrogen-bond acceptors (Lipinski definition) is 5. The van der Waals surface area contributed by atoms with Crippen LogP contribution in [-0.4, -0.2) is 76.5 Å². The third-order valence-corrected chi connectivity index (χ3v) is 8.31. The molecule has 40 heavy (non-hydrogen) atoms. The number of nitrogens with zero attached hydrogens (tertiary/aromatic N) is 3. The Bertz CT molecular complexity index is 1300. The maximum absolute atomic E-state index is 14.4. The molecule has 9 nitrogen and oxygen atoms in total. The van der Waals surface area contributed by atoms with Crippen molar-refractivity contribution in [3.05, 3.63) is 65.0 Å². The average molecular weight is 553 g/mol. The third-order valence-electron chi connectivity index (χ3n) is 8.31. The first-order valence-corrected chi connectivity index (χ1v) is 13.7. The van der Waals surface area contributed by atoms with Crippen molar-refractivity contribution in [3.63, 3.8) is 0 Å². The van der Waals surface area contributed by atoms with Crippen LogP contribution in [0.25, 0.3) is 0 Å². The molecule has 2 aromatic carbocycles. The van der Waals surface area contributed by atoms with Crippen LogP contribution in [0, 0.1) is 11.7 Å². The molecular weight excluding hydrogens is 515 g/mol. The number of likely N-dealkylation sites (tertiary alicyclic amines) is 1. The number of carboxylic acid groups (broad SMARTS) is 1. The lowest BCUT2D eigenvalue weighted by Crippen LogP contribution is -2.60. The van der Waals surface area contributed by atoms with E-state index >= 15 is 0 Å². The number of halogens is 1. The Hall–Kier alpha value is -3.95. The number of nitrogens with one attached hydrogen (secondary N) is 1. The highest BCUT2D eigenvalue weighted by atomic mass is 19.1. The first-order chi connectivity index (χ1) is 18.9. The number of rotatable bonds is 7. The van der Waals surface area contributed by atoms with Crippen molar-refractivity contribution in [1.29, 1.82) is 0 Å². The monoisotopic (exact) mass is 552 g/mol. The van der Waals surface area contributed by atoms with E-state index in [1.165, 1.54) is 24.3 Å². The molecule has 2 fully saturated rings. The minimum Gasteiger partial charge on any atom is -0.478 e. The summed E-state index contributed by atoms with van der Waals surface area (Å²) in [6.07, 6.45) is 1.13. The summed E-state index contributed by atoms with van der Waals surface area (Å²) in [4.78, 5) is 56.9. The molecule has 2 aliphatic heterocycles. The molecule has 3 amide bonds. The highest BCUT2D eigenvalue weighted by Gasteiger charge is 2.56. The molecule has 2 aromatic rings. The Morgan fingerprint density at radius 1 is 1.10 bits per heavy atom. The number of aromatic carboxylic acids is 1. The fraction of sp³-hybridized carbons (Fsp3) is 0.467. The van der Waals surface area contributed by atoms with E-state index in [0.717, 1.165) is 11.3 Å². The van der Waals surface area contributed by atoms with Gasteiger partial charge in [0.05, 0.1) is 11.1 Å². The second-order valence-corrected chi connectivity index (χ2v) is 11.0. The van der Waals surface area contributed by atoms with Crippen molar-refractivity contribution in [2.45, 2.75) is 64.7 Å². The average Bonchev–Trinajstić information content (AvgIpc) is 3.12. The van der Waals surface area contributed by atoms with Crippen LogP contribution in [0.5, 0.6) is 0 Å². The van der Waals surface area contributed by atoms with Crippen molar-refractivity contribution >= 4 is 29.4 Å². The van der Waals surface area contributed by atoms with Gasteiger partial charge in [-0.15, -0.1) is 0 Å². The summed E-state index contributed by atoms with van der Waals surface area (Å²) in [5.74, 6) is -2.86. The maximum atomic E-state index is 14.4. The van der Waals surface area contributed by atoms with E-state index in [2.05, 4.69) is 5.32 Å². The van der Waals surface area contributed by atoms with Crippen LogP contribution >= 0.6 is 0 Å². The van der Waals surface area contributed by atoms with E-state index in [1.54, 1.807) is 35.0 Å². The Balaban J connectivity index is 1.52. The number of carboxylic acids is 1. The minimum absolute atomic E-state index is 0.0468. The molecule has 214 valence electrons. The largest absolute Gasteiger partial charge is 0.478 e. The van der Waals surface area contributed by atoms with Gasteiger partial charge in [0.2, 0.25) is 11.8 Å². The number of likely N-dealkylation sites (N-methyl/N-ethyl adjacent to an activating group) is 1. The zero-order chi connectivity index (χ0) is 29.4. The molecule has 0 radical (unpaired) electrons. The van der Waals surface area contributed by atoms with Gasteiger partial charge in [0.1, 0.15) is 23.6 Å². The van der Waals surface area contributed by atoms with Gasteiger partial charge >= 0.3 is 5.97 Å². The number of carbonyl (C=O) groups is 4. The quantitative estimate of drug-likeness (QED) is 0.544. The molecule has 2 atom stereocenters. The van der Waals surface area contributed by atoms with E-state index in [4.69, 9.17) is 0 Å². The predicted molar refractivity (Wildman–Crippen MR) is 149 cm³/mol. The van der Waals surface area contributed by atoms with Gasteiger partial charge in [0.15, 0.2) is 0 Å². The minimum atomic E-state index is -1.02. The molecule has 2 saturated heterocycles. The summed E-state index contributed by atoms with van der Waals surface area (Å²) in [6.45, 7) is 8.09. The van der Waals surface area contributed by atoms with Crippen molar-refractivity contribution in [1.82, 2.24) is 15.1 Å². The zero-order valence-corrected chi connectivity index (χ0v) is 23.6. The Morgan fingerprint density at radius 3 is 2.27 bits per heavy atom. The van der Waals surface area contributed by atoms with E-state index in [1.807, 2.05) is 32.6 Å². The molecule has 10 heteroatoms.